The maximum absolute atomic E-state index is 12.5. The molecular formula is C17H21NO8S. The van der Waals surface area contributed by atoms with Gasteiger partial charge in [-0.15, -0.1) is 9.32 Å². The summed E-state index contributed by atoms with van der Waals surface area (Å²) in [5.41, 5.74) is 0.168. The molecule has 27 heavy (non-hydrogen) atoms. The lowest BCUT2D eigenvalue weighted by atomic mass is 10.0. The van der Waals surface area contributed by atoms with E-state index in [4.69, 9.17) is 20.5 Å². The highest BCUT2D eigenvalue weighted by molar-refractivity contribution is 7.94. The molecule has 2 unspecified atom stereocenters. The standard InChI is InChI=1S/C17H21NO8S/c1-4-15(19)24-10(2)7-8-23-11(3)16(20)12-5-6-13(17(21)22)14(9-12)27-26-25-18/h4-6,9-11H,1,7-8,18H2,2-3H3,(H,21,22). The van der Waals surface area contributed by atoms with Crippen molar-refractivity contribution in [1.82, 2.24) is 0 Å². The number of esters is 1. The minimum absolute atomic E-state index is 0.0694. The zero-order valence-corrected chi connectivity index (χ0v) is 15.7. The molecule has 0 radical (unpaired) electrons. The van der Waals surface area contributed by atoms with Crippen LogP contribution in [-0.4, -0.2) is 41.6 Å². The molecule has 0 saturated heterocycles. The zero-order chi connectivity index (χ0) is 20.4. The Morgan fingerprint density at radius 3 is 2.63 bits per heavy atom. The normalized spacial score (nSPS) is 12.9. The first-order valence-electron chi connectivity index (χ1n) is 7.86. The van der Waals surface area contributed by atoms with E-state index < -0.39 is 18.0 Å². The fourth-order valence-electron chi connectivity index (χ4n) is 2.00. The average molecular weight is 399 g/mol. The Bertz CT molecular complexity index is 694. The van der Waals surface area contributed by atoms with E-state index in [1.165, 1.54) is 18.2 Å². The van der Waals surface area contributed by atoms with Gasteiger partial charge in [-0.2, -0.15) is 5.90 Å². The van der Waals surface area contributed by atoms with Gasteiger partial charge in [-0.05, 0) is 26.0 Å². The number of aromatic carboxylic acids is 1. The van der Waals surface area contributed by atoms with Gasteiger partial charge in [0.05, 0.1) is 29.1 Å². The van der Waals surface area contributed by atoms with Gasteiger partial charge in [0.1, 0.15) is 12.2 Å². The van der Waals surface area contributed by atoms with Crippen LogP contribution < -0.4 is 5.90 Å². The Balaban J connectivity index is 2.70. The third-order valence-electron chi connectivity index (χ3n) is 3.41. The number of ether oxygens (including phenoxy) is 2. The van der Waals surface area contributed by atoms with Crippen LogP contribution in [0.5, 0.6) is 0 Å². The van der Waals surface area contributed by atoms with E-state index in [9.17, 15) is 14.4 Å². The molecule has 10 heteroatoms. The quantitative estimate of drug-likeness (QED) is 0.135. The molecule has 0 fully saturated rings. The van der Waals surface area contributed by atoms with Crippen LogP contribution in [0.4, 0.5) is 0 Å². The van der Waals surface area contributed by atoms with E-state index in [1.807, 2.05) is 0 Å². The molecule has 1 aromatic rings. The van der Waals surface area contributed by atoms with Crippen molar-refractivity contribution in [2.24, 2.45) is 5.90 Å². The Morgan fingerprint density at radius 2 is 2.04 bits per heavy atom. The SMILES string of the molecule is C=CC(=O)OC(C)CCOC(C)C(=O)c1ccc(C(=O)O)c(SOON)c1. The number of nitrogens with two attached hydrogens (primary N) is 1. The van der Waals surface area contributed by atoms with Gasteiger partial charge in [-0.1, -0.05) is 12.6 Å². The fraction of sp³-hybridized carbons (Fsp3) is 0.353. The number of carboxylic acids is 1. The summed E-state index contributed by atoms with van der Waals surface area (Å²) < 4.78 is 15.0. The molecule has 0 spiro atoms. The van der Waals surface area contributed by atoms with Gasteiger partial charge in [0.15, 0.2) is 5.78 Å². The van der Waals surface area contributed by atoms with Gasteiger partial charge in [-0.3, -0.25) is 4.79 Å². The number of carbonyl (C=O) groups is 3. The third-order valence-corrected chi connectivity index (χ3v) is 4.07. The molecule has 0 aliphatic rings. The van der Waals surface area contributed by atoms with Crippen LogP contribution in [0.1, 0.15) is 41.0 Å². The largest absolute Gasteiger partial charge is 0.478 e. The van der Waals surface area contributed by atoms with Gasteiger partial charge in [0.2, 0.25) is 0 Å². The van der Waals surface area contributed by atoms with Crippen LogP contribution in [0.3, 0.4) is 0 Å². The number of ketones is 1. The number of carbonyl (C=O) groups excluding carboxylic acids is 2. The Labute approximate surface area is 160 Å². The molecular weight excluding hydrogens is 378 g/mol. The number of hydrogen-bond acceptors (Lipinski definition) is 9. The van der Waals surface area contributed by atoms with Crippen molar-refractivity contribution in [3.05, 3.63) is 42.0 Å². The number of carboxylic acid groups (broad SMARTS) is 1. The minimum Gasteiger partial charge on any atom is -0.478 e. The molecule has 0 aliphatic carbocycles. The maximum atomic E-state index is 12.5. The minimum atomic E-state index is -1.19. The number of hydrogen-bond donors (Lipinski definition) is 2. The van der Waals surface area contributed by atoms with E-state index in [0.717, 1.165) is 6.08 Å². The van der Waals surface area contributed by atoms with E-state index in [1.54, 1.807) is 13.8 Å². The van der Waals surface area contributed by atoms with Crippen LogP contribution in [-0.2, 0) is 23.6 Å². The summed E-state index contributed by atoms with van der Waals surface area (Å²) in [5.74, 6) is 2.68. The predicted molar refractivity (Wildman–Crippen MR) is 95.7 cm³/mol. The highest BCUT2D eigenvalue weighted by Gasteiger charge is 2.20. The second-order valence-corrected chi connectivity index (χ2v) is 6.12. The molecule has 0 bridgehead atoms. The van der Waals surface area contributed by atoms with Crippen LogP contribution in [0, 0.1) is 0 Å². The van der Waals surface area contributed by atoms with Crippen molar-refractivity contribution in [2.45, 2.75) is 37.4 Å². The van der Waals surface area contributed by atoms with Gasteiger partial charge < -0.3 is 14.6 Å². The van der Waals surface area contributed by atoms with E-state index >= 15 is 0 Å². The third kappa shape index (κ3) is 7.49. The summed E-state index contributed by atoms with van der Waals surface area (Å²) in [4.78, 5) is 38.9. The topological polar surface area (TPSA) is 134 Å². The smallest absolute Gasteiger partial charge is 0.336 e. The average Bonchev–Trinajstić information content (AvgIpc) is 2.64. The van der Waals surface area contributed by atoms with Crippen molar-refractivity contribution < 1.29 is 38.3 Å². The van der Waals surface area contributed by atoms with Gasteiger partial charge in [-0.25, -0.2) is 9.59 Å². The molecule has 0 saturated carbocycles. The van der Waals surface area contributed by atoms with Crippen molar-refractivity contribution in [1.29, 1.82) is 0 Å². The van der Waals surface area contributed by atoms with Crippen LogP contribution >= 0.6 is 12.0 Å². The number of rotatable bonds is 12. The maximum Gasteiger partial charge on any atom is 0.336 e. The summed E-state index contributed by atoms with van der Waals surface area (Å²) in [6.45, 7) is 6.77. The molecule has 148 valence electrons. The van der Waals surface area contributed by atoms with Crippen molar-refractivity contribution in [3.8, 4) is 0 Å². The van der Waals surface area contributed by atoms with Crippen LogP contribution in [0.25, 0.3) is 0 Å². The fourth-order valence-corrected chi connectivity index (χ4v) is 2.54. The molecule has 1 rings (SSSR count). The summed E-state index contributed by atoms with van der Waals surface area (Å²) in [6.07, 6.45) is 0.300. The van der Waals surface area contributed by atoms with Crippen molar-refractivity contribution in [3.63, 3.8) is 0 Å². The second-order valence-electron chi connectivity index (χ2n) is 5.38. The zero-order valence-electron chi connectivity index (χ0n) is 14.9. The van der Waals surface area contributed by atoms with E-state index in [0.29, 0.717) is 18.5 Å². The monoisotopic (exact) mass is 399 g/mol. The summed E-state index contributed by atoms with van der Waals surface area (Å²) in [5, 5.41) is 9.16. The van der Waals surface area contributed by atoms with Crippen molar-refractivity contribution in [2.75, 3.05) is 6.61 Å². The second kappa shape index (κ2) is 11.5. The van der Waals surface area contributed by atoms with Crippen LogP contribution in [0.15, 0.2) is 35.7 Å². The molecule has 0 heterocycles. The molecule has 0 aliphatic heterocycles. The first-order valence-corrected chi connectivity index (χ1v) is 8.60. The first kappa shape index (κ1) is 22.8. The van der Waals surface area contributed by atoms with E-state index in [2.05, 4.69) is 15.9 Å². The Morgan fingerprint density at radius 1 is 1.33 bits per heavy atom. The lowest BCUT2D eigenvalue weighted by molar-refractivity contribution is -0.195. The van der Waals surface area contributed by atoms with Crippen molar-refractivity contribution >= 4 is 29.8 Å². The van der Waals surface area contributed by atoms with Gasteiger partial charge in [0, 0.05) is 18.1 Å². The van der Waals surface area contributed by atoms with E-state index in [-0.39, 0.29) is 34.5 Å². The summed E-state index contributed by atoms with van der Waals surface area (Å²) >= 11 is 0.571. The molecule has 2 atom stereocenters. The number of Topliss-reactive ketones (excluding diaryl/α,β-unsaturated/α-hetero) is 1. The summed E-state index contributed by atoms with van der Waals surface area (Å²) in [6, 6.07) is 4.01. The number of benzene rings is 1. The van der Waals surface area contributed by atoms with Crippen LogP contribution in [0.2, 0.25) is 0 Å². The molecule has 9 nitrogen and oxygen atoms in total. The first-order chi connectivity index (χ1) is 12.8. The molecule has 0 amide bonds. The lowest BCUT2D eigenvalue weighted by Gasteiger charge is -2.16. The molecule has 0 aromatic heterocycles. The van der Waals surface area contributed by atoms with Gasteiger partial charge >= 0.3 is 11.9 Å². The summed E-state index contributed by atoms with van der Waals surface area (Å²) in [7, 11) is 0. The highest BCUT2D eigenvalue weighted by atomic mass is 32.2. The van der Waals surface area contributed by atoms with Gasteiger partial charge in [0.25, 0.3) is 0 Å². The molecule has 3 N–H and O–H groups in total. The highest BCUT2D eigenvalue weighted by Crippen LogP contribution is 2.26. The predicted octanol–water partition coefficient (Wildman–Crippen LogP) is 2.31. The molecule has 1 aromatic carbocycles. The lowest BCUT2D eigenvalue weighted by Crippen LogP contribution is -2.24. The Kier molecular flexibility index (Phi) is 9.68. The Hall–Kier alpha value is -2.24.